The Morgan fingerprint density at radius 3 is 2.45 bits per heavy atom. The van der Waals surface area contributed by atoms with E-state index in [1.807, 2.05) is 12.4 Å². The summed E-state index contributed by atoms with van der Waals surface area (Å²) in [6, 6.07) is 0.604. The molecule has 3 fully saturated rings. The van der Waals surface area contributed by atoms with Crippen molar-refractivity contribution in [2.45, 2.75) is 50.9 Å². The first-order valence-electron chi connectivity index (χ1n) is 9.98. The molecule has 162 valence electrons. The highest BCUT2D eigenvalue weighted by atomic mass is 19.4. The fraction of sp³-hybridized carbons (Fsp3) is 0.737. The summed E-state index contributed by atoms with van der Waals surface area (Å²) in [5, 5.41) is 7.12. The summed E-state index contributed by atoms with van der Waals surface area (Å²) in [7, 11) is 0. The maximum atomic E-state index is 10.6. The third-order valence-corrected chi connectivity index (χ3v) is 5.47. The predicted molar refractivity (Wildman–Crippen MR) is 99.8 cm³/mol. The van der Waals surface area contributed by atoms with Crippen molar-refractivity contribution in [1.82, 2.24) is 14.9 Å². The number of aromatic nitrogens is 2. The number of hydrogen-bond donors (Lipinski definition) is 1. The number of carboxylic acid groups (broad SMARTS) is 1. The molecule has 0 radical (unpaired) electrons. The van der Waals surface area contributed by atoms with Gasteiger partial charge in [0.1, 0.15) is 0 Å². The smallest absolute Gasteiger partial charge is 0.475 e. The number of carboxylic acids is 1. The second-order valence-electron chi connectivity index (χ2n) is 7.78. The summed E-state index contributed by atoms with van der Waals surface area (Å²) >= 11 is 0. The zero-order valence-electron chi connectivity index (χ0n) is 16.4. The van der Waals surface area contributed by atoms with E-state index in [1.165, 1.54) is 18.4 Å². The average molecular weight is 416 g/mol. The van der Waals surface area contributed by atoms with Crippen LogP contribution in [0.25, 0.3) is 0 Å². The number of alkyl halides is 3. The fourth-order valence-corrected chi connectivity index (χ4v) is 3.55. The number of aliphatic carboxylic acids is 1. The third-order valence-electron chi connectivity index (χ3n) is 5.47. The van der Waals surface area contributed by atoms with E-state index in [4.69, 9.17) is 14.6 Å². The molecule has 2 saturated heterocycles. The Balaban J connectivity index is 0.000000298. The highest BCUT2D eigenvalue weighted by molar-refractivity contribution is 5.73. The molecule has 0 bridgehead atoms. The van der Waals surface area contributed by atoms with Crippen LogP contribution in [-0.4, -0.2) is 77.1 Å². The lowest BCUT2D eigenvalue weighted by molar-refractivity contribution is -0.192. The highest BCUT2D eigenvalue weighted by Gasteiger charge is 2.39. The van der Waals surface area contributed by atoms with E-state index < -0.39 is 12.1 Å². The van der Waals surface area contributed by atoms with Crippen molar-refractivity contribution in [2.24, 2.45) is 5.92 Å². The molecule has 1 N–H and O–H groups in total. The molecule has 1 saturated carbocycles. The molecule has 10 heteroatoms. The molecule has 3 aliphatic rings. The second kappa shape index (κ2) is 9.25. The zero-order valence-corrected chi connectivity index (χ0v) is 16.4. The van der Waals surface area contributed by atoms with Crippen LogP contribution in [-0.2, 0) is 16.0 Å². The van der Waals surface area contributed by atoms with Crippen molar-refractivity contribution < 1.29 is 27.8 Å². The van der Waals surface area contributed by atoms with E-state index in [9.17, 15) is 13.2 Å². The predicted octanol–water partition coefficient (Wildman–Crippen LogP) is 2.36. The van der Waals surface area contributed by atoms with Crippen LogP contribution in [0.5, 0.6) is 0 Å². The van der Waals surface area contributed by atoms with Gasteiger partial charge in [-0.2, -0.15) is 13.2 Å². The molecule has 2 aliphatic heterocycles. The van der Waals surface area contributed by atoms with Crippen LogP contribution in [0.2, 0.25) is 0 Å². The van der Waals surface area contributed by atoms with Gasteiger partial charge in [-0.15, -0.1) is 0 Å². The SMILES string of the molecule is CCc1cnc(N2CCN3C[C@H](OCC4CC4)C[C@H]3C2)nc1.O=C(O)C(F)(F)F. The number of aryl methyl sites for hydroxylation is 1. The Labute approximate surface area is 167 Å². The Kier molecular flexibility index (Phi) is 6.94. The molecule has 1 aromatic rings. The number of nitrogens with zero attached hydrogens (tertiary/aromatic N) is 4. The molecular weight excluding hydrogens is 389 g/mol. The van der Waals surface area contributed by atoms with Crippen molar-refractivity contribution in [3.63, 3.8) is 0 Å². The molecule has 2 atom stereocenters. The summed E-state index contributed by atoms with van der Waals surface area (Å²) in [5.74, 6) is -1.01. The largest absolute Gasteiger partial charge is 0.490 e. The van der Waals surface area contributed by atoms with Gasteiger partial charge in [0, 0.05) is 51.2 Å². The molecule has 0 amide bonds. The number of hydrogen-bond acceptors (Lipinski definition) is 6. The van der Waals surface area contributed by atoms with Gasteiger partial charge in [-0.25, -0.2) is 14.8 Å². The molecule has 0 spiro atoms. The first-order valence-corrected chi connectivity index (χ1v) is 9.98. The van der Waals surface area contributed by atoms with Crippen molar-refractivity contribution in [3.05, 3.63) is 18.0 Å². The number of carbonyl (C=O) groups is 1. The summed E-state index contributed by atoms with van der Waals surface area (Å²) in [6.45, 7) is 7.40. The maximum Gasteiger partial charge on any atom is 0.490 e. The Morgan fingerprint density at radius 1 is 1.24 bits per heavy atom. The molecular formula is C19H27F3N4O3. The highest BCUT2D eigenvalue weighted by Crippen LogP contribution is 2.31. The molecule has 1 aliphatic carbocycles. The van der Waals surface area contributed by atoms with E-state index in [-0.39, 0.29) is 0 Å². The lowest BCUT2D eigenvalue weighted by Crippen LogP contribution is -2.50. The zero-order chi connectivity index (χ0) is 21.0. The first kappa shape index (κ1) is 21.8. The van der Waals surface area contributed by atoms with Crippen LogP contribution >= 0.6 is 0 Å². The fourth-order valence-electron chi connectivity index (χ4n) is 3.55. The first-order chi connectivity index (χ1) is 13.8. The minimum atomic E-state index is -5.08. The quantitative estimate of drug-likeness (QED) is 0.789. The van der Waals surface area contributed by atoms with Crippen LogP contribution in [0.3, 0.4) is 0 Å². The number of halogens is 3. The number of ether oxygens (including phenoxy) is 1. The molecule has 3 heterocycles. The Hall–Kier alpha value is -1.94. The van der Waals surface area contributed by atoms with Crippen LogP contribution in [0, 0.1) is 5.92 Å². The normalized spacial score (nSPS) is 24.6. The summed E-state index contributed by atoms with van der Waals surface area (Å²) in [5.41, 5.74) is 1.21. The minimum absolute atomic E-state index is 0.439. The van der Waals surface area contributed by atoms with E-state index in [0.717, 1.165) is 57.5 Å². The van der Waals surface area contributed by atoms with Crippen molar-refractivity contribution in [3.8, 4) is 0 Å². The topological polar surface area (TPSA) is 78.8 Å². The van der Waals surface area contributed by atoms with E-state index >= 15 is 0 Å². The van der Waals surface area contributed by atoms with Crippen molar-refractivity contribution in [1.29, 1.82) is 0 Å². The van der Waals surface area contributed by atoms with Gasteiger partial charge in [0.25, 0.3) is 0 Å². The molecule has 4 rings (SSSR count). The molecule has 1 aromatic heterocycles. The van der Waals surface area contributed by atoms with E-state index in [2.05, 4.69) is 26.7 Å². The number of fused-ring (bicyclic) bond motifs is 1. The van der Waals surface area contributed by atoms with Gasteiger partial charge < -0.3 is 14.7 Å². The molecule has 7 nitrogen and oxygen atoms in total. The van der Waals surface area contributed by atoms with Gasteiger partial charge in [0.15, 0.2) is 0 Å². The van der Waals surface area contributed by atoms with Gasteiger partial charge >= 0.3 is 12.1 Å². The van der Waals surface area contributed by atoms with Crippen molar-refractivity contribution in [2.75, 3.05) is 37.7 Å². The van der Waals surface area contributed by atoms with Crippen LogP contribution in [0.4, 0.5) is 19.1 Å². The standard InChI is InChI=1S/C17H26N4O.C2HF3O2/c1-2-13-8-18-17(19-9-13)21-6-5-20-11-16(7-15(20)10-21)22-12-14-3-4-14;3-2(4,5)1(6)7/h8-9,14-16H,2-7,10-12H2,1H3;(H,6,7)/t15-,16+;/m0./s1. The Morgan fingerprint density at radius 2 is 1.90 bits per heavy atom. The van der Waals surface area contributed by atoms with Crippen LogP contribution < -0.4 is 4.90 Å². The number of anilines is 1. The monoisotopic (exact) mass is 416 g/mol. The summed E-state index contributed by atoms with van der Waals surface area (Å²) < 4.78 is 37.8. The Bertz CT molecular complexity index is 682. The van der Waals surface area contributed by atoms with E-state index in [1.54, 1.807) is 0 Å². The lowest BCUT2D eigenvalue weighted by atomic mass is 10.1. The van der Waals surface area contributed by atoms with Gasteiger partial charge in [0.05, 0.1) is 6.10 Å². The summed E-state index contributed by atoms with van der Waals surface area (Å²) in [4.78, 5) is 22.9. The van der Waals surface area contributed by atoms with Crippen LogP contribution in [0.15, 0.2) is 12.4 Å². The lowest BCUT2D eigenvalue weighted by Gasteiger charge is -2.37. The third kappa shape index (κ3) is 6.27. The molecule has 29 heavy (non-hydrogen) atoms. The number of piperazine rings is 1. The maximum absolute atomic E-state index is 10.6. The van der Waals surface area contributed by atoms with Gasteiger partial charge in [0.2, 0.25) is 5.95 Å². The summed E-state index contributed by atoms with van der Waals surface area (Å²) in [6.07, 6.45) is 4.19. The average Bonchev–Trinajstić information content (AvgIpc) is 3.43. The minimum Gasteiger partial charge on any atom is -0.475 e. The molecule has 0 aromatic carbocycles. The van der Waals surface area contributed by atoms with Gasteiger partial charge in [-0.3, -0.25) is 4.90 Å². The van der Waals surface area contributed by atoms with E-state index in [0.29, 0.717) is 12.1 Å². The van der Waals surface area contributed by atoms with Gasteiger partial charge in [-0.1, -0.05) is 6.92 Å². The van der Waals surface area contributed by atoms with Gasteiger partial charge in [-0.05, 0) is 37.2 Å². The molecule has 0 unspecified atom stereocenters. The second-order valence-corrected chi connectivity index (χ2v) is 7.78. The van der Waals surface area contributed by atoms with Crippen molar-refractivity contribution >= 4 is 11.9 Å². The van der Waals surface area contributed by atoms with Crippen LogP contribution in [0.1, 0.15) is 31.7 Å². The number of rotatable bonds is 5.